The number of halogens is 2. The molecule has 0 aliphatic carbocycles. The summed E-state index contributed by atoms with van der Waals surface area (Å²) in [6, 6.07) is 13.3. The van der Waals surface area contributed by atoms with Gasteiger partial charge in [-0.2, -0.15) is 10.2 Å². The Kier molecular flexibility index (Phi) is 8.98. The van der Waals surface area contributed by atoms with Crippen LogP contribution in [0, 0.1) is 11.3 Å². The minimum Gasteiger partial charge on any atom is -0.489 e. The van der Waals surface area contributed by atoms with Gasteiger partial charge in [-0.25, -0.2) is 18.7 Å². The average Bonchev–Trinajstić information content (AvgIpc) is 2.98. The molecule has 0 spiro atoms. The molecule has 5 rings (SSSR count). The second-order valence-electron chi connectivity index (χ2n) is 9.93. The van der Waals surface area contributed by atoms with Crippen LogP contribution in [0.4, 0.5) is 20.4 Å². The number of ether oxygens (including phenoxy) is 3. The molecule has 2 aromatic heterocycles. The minimum atomic E-state index is -2.32. The van der Waals surface area contributed by atoms with Crippen molar-refractivity contribution >= 4 is 11.6 Å². The van der Waals surface area contributed by atoms with Crippen LogP contribution >= 0.6 is 0 Å². The third-order valence-electron chi connectivity index (χ3n) is 7.29. The number of piperidine rings is 1. The van der Waals surface area contributed by atoms with Crippen molar-refractivity contribution in [2.75, 3.05) is 45.3 Å². The van der Waals surface area contributed by atoms with Gasteiger partial charge in [0.25, 0.3) is 6.43 Å². The largest absolute Gasteiger partial charge is 0.489 e. The number of benzene rings is 1. The zero-order valence-corrected chi connectivity index (χ0v) is 22.4. The molecule has 0 atom stereocenters. The average molecular weight is 551 g/mol. The smallest absolute Gasteiger partial charge is 0.251 e. The van der Waals surface area contributed by atoms with Gasteiger partial charge in [-0.3, -0.25) is 4.90 Å². The van der Waals surface area contributed by atoms with Gasteiger partial charge >= 0.3 is 0 Å². The molecular weight excluding hydrogens is 518 g/mol. The number of alkyl halides is 2. The zero-order valence-electron chi connectivity index (χ0n) is 22.4. The predicted molar refractivity (Wildman–Crippen MR) is 145 cm³/mol. The molecule has 4 heterocycles. The molecule has 0 radical (unpaired) electrons. The molecule has 3 aromatic rings. The number of nitriles is 1. The summed E-state index contributed by atoms with van der Waals surface area (Å²) in [6.45, 7) is 2.38. The Labute approximate surface area is 232 Å². The van der Waals surface area contributed by atoms with Gasteiger partial charge in [0.05, 0.1) is 38.1 Å². The van der Waals surface area contributed by atoms with Crippen molar-refractivity contribution in [2.45, 2.75) is 44.1 Å². The summed E-state index contributed by atoms with van der Waals surface area (Å²) >= 11 is 0. The lowest BCUT2D eigenvalue weighted by molar-refractivity contribution is 0.0254. The maximum atomic E-state index is 12.7. The number of likely N-dealkylation sites (tertiary alicyclic amines) is 1. The fraction of sp³-hybridized carbons (Fsp3) is 0.448. The molecule has 210 valence electrons. The summed E-state index contributed by atoms with van der Waals surface area (Å²) in [4.78, 5) is 15.1. The molecule has 0 bridgehead atoms. The third kappa shape index (κ3) is 6.81. The van der Waals surface area contributed by atoms with E-state index < -0.39 is 6.43 Å². The minimum absolute atomic E-state index is 0.0377. The van der Waals surface area contributed by atoms with Crippen LogP contribution in [0.3, 0.4) is 0 Å². The van der Waals surface area contributed by atoms with Crippen LogP contribution in [0.2, 0.25) is 0 Å². The third-order valence-corrected chi connectivity index (χ3v) is 7.29. The molecule has 0 saturated carbocycles. The molecule has 1 aromatic carbocycles. The van der Waals surface area contributed by atoms with E-state index >= 15 is 0 Å². The van der Waals surface area contributed by atoms with E-state index in [1.165, 1.54) is 6.33 Å². The molecule has 1 N–H and O–H groups in total. The SMILES string of the molecule is COc1nc(Nc2cc(-c3ccc(OC4CCOCC4)c(C#N)c3)ncn2)ccc1C1CCN(CC(F)F)CC1. The highest BCUT2D eigenvalue weighted by molar-refractivity contribution is 5.67. The molecule has 2 aliphatic heterocycles. The highest BCUT2D eigenvalue weighted by Gasteiger charge is 2.25. The Hall–Kier alpha value is -3.88. The molecule has 9 nitrogen and oxygen atoms in total. The van der Waals surface area contributed by atoms with Crippen molar-refractivity contribution in [1.29, 1.82) is 5.26 Å². The fourth-order valence-corrected chi connectivity index (χ4v) is 5.18. The van der Waals surface area contributed by atoms with Crippen molar-refractivity contribution in [3.05, 3.63) is 53.9 Å². The van der Waals surface area contributed by atoms with Crippen molar-refractivity contribution in [1.82, 2.24) is 19.9 Å². The number of nitrogens with zero attached hydrogens (tertiary/aromatic N) is 5. The molecular formula is C29H32F2N6O3. The standard InChI is InChI=1S/C29H32F2N6O3/c1-38-29-23(19-6-10-37(11-7-19)17-26(30)31)3-5-27(36-29)35-28-15-24(33-18-34-28)20-2-4-25(21(14-20)16-32)40-22-8-12-39-13-9-22/h2-5,14-15,18-19,22,26H,6-13,17H2,1H3,(H,33,34,35,36). The number of rotatable bonds is 9. The summed E-state index contributed by atoms with van der Waals surface area (Å²) in [6.07, 6.45) is 2.32. The van der Waals surface area contributed by atoms with Gasteiger partial charge < -0.3 is 19.5 Å². The first-order chi connectivity index (χ1) is 19.5. The molecule has 2 fully saturated rings. The normalized spacial score (nSPS) is 17.0. The number of hydrogen-bond donors (Lipinski definition) is 1. The zero-order chi connectivity index (χ0) is 27.9. The first-order valence-corrected chi connectivity index (χ1v) is 13.5. The van der Waals surface area contributed by atoms with Crippen LogP contribution in [-0.2, 0) is 4.74 Å². The number of pyridine rings is 1. The van der Waals surface area contributed by atoms with Gasteiger partial charge in [0.2, 0.25) is 5.88 Å². The van der Waals surface area contributed by atoms with E-state index in [2.05, 4.69) is 26.3 Å². The van der Waals surface area contributed by atoms with Crippen LogP contribution in [0.1, 0.15) is 42.7 Å². The van der Waals surface area contributed by atoms with Gasteiger partial charge in [0.1, 0.15) is 35.9 Å². The molecule has 0 unspecified atom stereocenters. The fourth-order valence-electron chi connectivity index (χ4n) is 5.18. The second kappa shape index (κ2) is 13.0. The van der Waals surface area contributed by atoms with Gasteiger partial charge in [-0.05, 0) is 62.2 Å². The first kappa shape index (κ1) is 27.7. The van der Waals surface area contributed by atoms with Gasteiger partial charge in [0.15, 0.2) is 0 Å². The number of aromatic nitrogens is 3. The van der Waals surface area contributed by atoms with Crippen LogP contribution in [-0.4, -0.2) is 72.3 Å². The number of methoxy groups -OCH3 is 1. The number of anilines is 2. The van der Waals surface area contributed by atoms with Crippen molar-refractivity contribution < 1.29 is 23.0 Å². The molecule has 40 heavy (non-hydrogen) atoms. The lowest BCUT2D eigenvalue weighted by atomic mass is 9.90. The van der Waals surface area contributed by atoms with E-state index in [-0.39, 0.29) is 18.6 Å². The molecule has 2 saturated heterocycles. The lowest BCUT2D eigenvalue weighted by Crippen LogP contribution is -2.36. The van der Waals surface area contributed by atoms with Crippen LogP contribution in [0.15, 0.2) is 42.7 Å². The van der Waals surface area contributed by atoms with E-state index in [1.807, 2.05) is 24.3 Å². The first-order valence-electron chi connectivity index (χ1n) is 13.5. The second-order valence-corrected chi connectivity index (χ2v) is 9.93. The summed E-state index contributed by atoms with van der Waals surface area (Å²) in [5.41, 5.74) is 2.82. The Balaban J connectivity index is 1.28. The van der Waals surface area contributed by atoms with E-state index in [9.17, 15) is 14.0 Å². The van der Waals surface area contributed by atoms with E-state index in [1.54, 1.807) is 24.1 Å². The topological polar surface area (TPSA) is 105 Å². The van der Waals surface area contributed by atoms with E-state index in [4.69, 9.17) is 14.2 Å². The summed E-state index contributed by atoms with van der Waals surface area (Å²) in [7, 11) is 1.58. The van der Waals surface area contributed by atoms with Gasteiger partial charge in [-0.15, -0.1) is 0 Å². The maximum Gasteiger partial charge on any atom is 0.251 e. The Morgan fingerprint density at radius 3 is 2.60 bits per heavy atom. The Morgan fingerprint density at radius 1 is 1.07 bits per heavy atom. The van der Waals surface area contributed by atoms with Crippen molar-refractivity contribution in [3.63, 3.8) is 0 Å². The lowest BCUT2D eigenvalue weighted by Gasteiger charge is -2.32. The van der Waals surface area contributed by atoms with E-state index in [0.717, 1.165) is 36.8 Å². The quantitative estimate of drug-likeness (QED) is 0.387. The maximum absolute atomic E-state index is 12.7. The van der Waals surface area contributed by atoms with Crippen LogP contribution in [0.5, 0.6) is 11.6 Å². The van der Waals surface area contributed by atoms with Crippen LogP contribution in [0.25, 0.3) is 11.3 Å². The van der Waals surface area contributed by atoms with Gasteiger partial charge in [0, 0.05) is 30.0 Å². The van der Waals surface area contributed by atoms with Crippen molar-refractivity contribution in [3.8, 4) is 29.0 Å². The predicted octanol–water partition coefficient (Wildman–Crippen LogP) is 5.16. The highest BCUT2D eigenvalue weighted by Crippen LogP contribution is 2.35. The van der Waals surface area contributed by atoms with Gasteiger partial charge in [-0.1, -0.05) is 0 Å². The van der Waals surface area contributed by atoms with E-state index in [0.29, 0.717) is 60.8 Å². The number of hydrogen-bond acceptors (Lipinski definition) is 9. The summed E-state index contributed by atoms with van der Waals surface area (Å²) < 4.78 is 42.5. The van der Waals surface area contributed by atoms with Crippen molar-refractivity contribution in [2.24, 2.45) is 0 Å². The molecule has 0 amide bonds. The Bertz CT molecular complexity index is 1340. The summed E-state index contributed by atoms with van der Waals surface area (Å²) in [5.74, 6) is 2.35. The molecule has 11 heteroatoms. The van der Waals surface area contributed by atoms with Crippen LogP contribution < -0.4 is 14.8 Å². The monoisotopic (exact) mass is 550 g/mol. The molecule has 2 aliphatic rings. The summed E-state index contributed by atoms with van der Waals surface area (Å²) in [5, 5.41) is 12.9. The Morgan fingerprint density at radius 2 is 1.88 bits per heavy atom. The number of nitrogens with one attached hydrogen (secondary N) is 1. The highest BCUT2D eigenvalue weighted by atomic mass is 19.3.